The standard InChI is InChI=1S/C9H22N2O2/c1-6(10)4-9(3,8(12)13)5-7(2)11/h6-8,12-13H,4-5,10-11H2,1-3H3. The summed E-state index contributed by atoms with van der Waals surface area (Å²) in [4.78, 5) is 0. The van der Waals surface area contributed by atoms with Gasteiger partial charge in [0.05, 0.1) is 0 Å². The maximum absolute atomic E-state index is 9.21. The van der Waals surface area contributed by atoms with E-state index >= 15 is 0 Å². The first kappa shape index (κ1) is 12.8. The molecule has 0 saturated heterocycles. The Hall–Kier alpha value is -0.160. The van der Waals surface area contributed by atoms with Crippen molar-refractivity contribution in [3.05, 3.63) is 0 Å². The summed E-state index contributed by atoms with van der Waals surface area (Å²) in [5.74, 6) is 0. The van der Waals surface area contributed by atoms with Crippen LogP contribution in [0, 0.1) is 5.41 Å². The summed E-state index contributed by atoms with van der Waals surface area (Å²) in [7, 11) is 0. The molecular weight excluding hydrogens is 168 g/mol. The SMILES string of the molecule is CC(N)CC(C)(CC(C)N)C(O)O. The molecule has 4 heteroatoms. The van der Waals surface area contributed by atoms with E-state index in [2.05, 4.69) is 0 Å². The lowest BCUT2D eigenvalue weighted by Crippen LogP contribution is -2.41. The van der Waals surface area contributed by atoms with Crippen molar-refractivity contribution < 1.29 is 10.2 Å². The molecule has 0 aromatic rings. The molecule has 0 aromatic carbocycles. The molecule has 0 fully saturated rings. The predicted octanol–water partition coefficient (Wildman–Crippen LogP) is -0.222. The fourth-order valence-electron chi connectivity index (χ4n) is 1.77. The third-order valence-corrected chi connectivity index (χ3v) is 2.20. The summed E-state index contributed by atoms with van der Waals surface area (Å²) in [6, 6.07) is -0.101. The lowest BCUT2D eigenvalue weighted by Gasteiger charge is -2.34. The van der Waals surface area contributed by atoms with E-state index in [1.807, 2.05) is 13.8 Å². The first-order valence-corrected chi connectivity index (χ1v) is 4.65. The van der Waals surface area contributed by atoms with Gasteiger partial charge in [-0.25, -0.2) is 0 Å². The topological polar surface area (TPSA) is 92.5 Å². The second kappa shape index (κ2) is 4.91. The van der Waals surface area contributed by atoms with Gasteiger partial charge < -0.3 is 21.7 Å². The Bertz CT molecular complexity index is 137. The molecule has 80 valence electrons. The number of rotatable bonds is 5. The largest absolute Gasteiger partial charge is 0.368 e. The van der Waals surface area contributed by atoms with Gasteiger partial charge in [0, 0.05) is 17.5 Å². The highest BCUT2D eigenvalue weighted by Crippen LogP contribution is 2.31. The minimum atomic E-state index is -1.36. The predicted molar refractivity (Wildman–Crippen MR) is 52.9 cm³/mol. The second-order valence-electron chi connectivity index (χ2n) is 4.39. The second-order valence-corrected chi connectivity index (χ2v) is 4.39. The zero-order chi connectivity index (χ0) is 10.6. The van der Waals surface area contributed by atoms with Crippen LogP contribution in [0.5, 0.6) is 0 Å². The lowest BCUT2D eigenvalue weighted by molar-refractivity contribution is -0.137. The maximum atomic E-state index is 9.21. The summed E-state index contributed by atoms with van der Waals surface area (Å²) in [6.45, 7) is 5.49. The smallest absolute Gasteiger partial charge is 0.156 e. The maximum Gasteiger partial charge on any atom is 0.156 e. The fraction of sp³-hybridized carbons (Fsp3) is 1.00. The molecular formula is C9H22N2O2. The average Bonchev–Trinajstić information content (AvgIpc) is 1.82. The van der Waals surface area contributed by atoms with Gasteiger partial charge in [-0.1, -0.05) is 6.92 Å². The van der Waals surface area contributed by atoms with Crippen molar-refractivity contribution >= 4 is 0 Å². The lowest BCUT2D eigenvalue weighted by atomic mass is 9.78. The van der Waals surface area contributed by atoms with Crippen molar-refractivity contribution in [2.24, 2.45) is 16.9 Å². The van der Waals surface area contributed by atoms with Crippen LogP contribution in [0.15, 0.2) is 0 Å². The molecule has 0 bridgehead atoms. The summed E-state index contributed by atoms with van der Waals surface area (Å²) in [5.41, 5.74) is 10.7. The first-order chi connectivity index (χ1) is 5.78. The third-order valence-electron chi connectivity index (χ3n) is 2.20. The Kier molecular flexibility index (Phi) is 4.85. The normalized spacial score (nSPS) is 21.2. The molecule has 0 aliphatic carbocycles. The van der Waals surface area contributed by atoms with Crippen LogP contribution in [0.1, 0.15) is 33.6 Å². The molecule has 0 amide bonds. The number of aliphatic hydroxyl groups is 2. The van der Waals surface area contributed by atoms with Gasteiger partial charge in [0.25, 0.3) is 0 Å². The number of hydrogen-bond donors (Lipinski definition) is 4. The molecule has 0 rings (SSSR count). The van der Waals surface area contributed by atoms with Crippen LogP contribution in [0.25, 0.3) is 0 Å². The van der Waals surface area contributed by atoms with Crippen LogP contribution < -0.4 is 11.5 Å². The van der Waals surface area contributed by atoms with E-state index in [0.717, 1.165) is 0 Å². The minimum absolute atomic E-state index is 0.0504. The van der Waals surface area contributed by atoms with Crippen molar-refractivity contribution in [2.75, 3.05) is 0 Å². The molecule has 6 N–H and O–H groups in total. The molecule has 2 unspecified atom stereocenters. The van der Waals surface area contributed by atoms with Gasteiger partial charge in [-0.15, -0.1) is 0 Å². The van der Waals surface area contributed by atoms with Gasteiger partial charge in [0.15, 0.2) is 6.29 Å². The molecule has 0 spiro atoms. The van der Waals surface area contributed by atoms with Crippen LogP contribution in [0.4, 0.5) is 0 Å². The Morgan fingerprint density at radius 1 is 1.08 bits per heavy atom. The van der Waals surface area contributed by atoms with Crippen LogP contribution in [0.2, 0.25) is 0 Å². The molecule has 0 saturated carbocycles. The molecule has 0 aromatic heterocycles. The van der Waals surface area contributed by atoms with E-state index in [4.69, 9.17) is 11.5 Å². The molecule has 0 radical (unpaired) electrons. The van der Waals surface area contributed by atoms with Crippen LogP contribution >= 0.6 is 0 Å². The summed E-state index contributed by atoms with van der Waals surface area (Å²) < 4.78 is 0. The Morgan fingerprint density at radius 3 is 1.54 bits per heavy atom. The van der Waals surface area contributed by atoms with Gasteiger partial charge in [-0.3, -0.25) is 0 Å². The van der Waals surface area contributed by atoms with Gasteiger partial charge in [0.1, 0.15) is 0 Å². The van der Waals surface area contributed by atoms with Crippen molar-refractivity contribution in [1.29, 1.82) is 0 Å². The summed E-state index contributed by atoms with van der Waals surface area (Å²) in [5, 5.41) is 18.4. The Morgan fingerprint density at radius 2 is 1.38 bits per heavy atom. The van der Waals surface area contributed by atoms with Crippen LogP contribution in [-0.4, -0.2) is 28.6 Å². The van der Waals surface area contributed by atoms with Crippen molar-refractivity contribution in [3.63, 3.8) is 0 Å². The quantitative estimate of drug-likeness (QED) is 0.451. The minimum Gasteiger partial charge on any atom is -0.368 e. The summed E-state index contributed by atoms with van der Waals surface area (Å²) >= 11 is 0. The Balaban J connectivity index is 4.34. The van der Waals surface area contributed by atoms with Gasteiger partial charge in [-0.2, -0.15) is 0 Å². The van der Waals surface area contributed by atoms with Crippen molar-refractivity contribution in [2.45, 2.75) is 52.0 Å². The molecule has 2 atom stereocenters. The molecule has 0 aliphatic heterocycles. The van der Waals surface area contributed by atoms with Crippen LogP contribution in [0.3, 0.4) is 0 Å². The van der Waals surface area contributed by atoms with E-state index in [-0.39, 0.29) is 12.1 Å². The van der Waals surface area contributed by atoms with Gasteiger partial charge in [0.2, 0.25) is 0 Å². The van der Waals surface area contributed by atoms with Gasteiger partial charge >= 0.3 is 0 Å². The molecule has 4 nitrogen and oxygen atoms in total. The van der Waals surface area contributed by atoms with E-state index in [1.165, 1.54) is 0 Å². The number of nitrogens with two attached hydrogens (primary N) is 2. The van der Waals surface area contributed by atoms with E-state index in [9.17, 15) is 10.2 Å². The third kappa shape index (κ3) is 4.57. The van der Waals surface area contributed by atoms with Crippen LogP contribution in [-0.2, 0) is 0 Å². The number of aliphatic hydroxyl groups excluding tert-OH is 1. The highest BCUT2D eigenvalue weighted by Gasteiger charge is 2.33. The highest BCUT2D eigenvalue weighted by molar-refractivity contribution is 4.82. The fourth-order valence-corrected chi connectivity index (χ4v) is 1.77. The summed E-state index contributed by atoms with van der Waals surface area (Å²) in [6.07, 6.45) is -0.234. The molecule has 0 heterocycles. The van der Waals surface area contributed by atoms with Crippen molar-refractivity contribution in [3.8, 4) is 0 Å². The van der Waals surface area contributed by atoms with Gasteiger partial charge in [-0.05, 0) is 26.7 Å². The van der Waals surface area contributed by atoms with E-state index in [1.54, 1.807) is 6.92 Å². The zero-order valence-corrected chi connectivity index (χ0v) is 8.70. The van der Waals surface area contributed by atoms with E-state index < -0.39 is 11.7 Å². The number of hydrogen-bond acceptors (Lipinski definition) is 4. The first-order valence-electron chi connectivity index (χ1n) is 4.65. The monoisotopic (exact) mass is 190 g/mol. The van der Waals surface area contributed by atoms with Crippen molar-refractivity contribution in [1.82, 2.24) is 0 Å². The highest BCUT2D eigenvalue weighted by atomic mass is 16.5. The average molecular weight is 190 g/mol. The van der Waals surface area contributed by atoms with E-state index in [0.29, 0.717) is 12.8 Å². The molecule has 0 aliphatic rings. The zero-order valence-electron chi connectivity index (χ0n) is 8.70. The molecule has 13 heavy (non-hydrogen) atoms. The Labute approximate surface area is 79.9 Å².